The van der Waals surface area contributed by atoms with Crippen LogP contribution >= 0.6 is 11.3 Å². The molecule has 8 heteroatoms. The van der Waals surface area contributed by atoms with Crippen LogP contribution in [0.4, 0.5) is 0 Å². The van der Waals surface area contributed by atoms with Crippen molar-refractivity contribution >= 4 is 23.0 Å². The Kier molecular flexibility index (Phi) is 5.57. The smallest absolute Gasteiger partial charge is 0.258 e. The van der Waals surface area contributed by atoms with Crippen LogP contribution in [0.2, 0.25) is 0 Å². The number of carbonyl (C=O) groups excluding carboxylic acids is 1. The van der Waals surface area contributed by atoms with Gasteiger partial charge in [-0.05, 0) is 50.8 Å². The topological polar surface area (TPSA) is 83.3 Å². The van der Waals surface area contributed by atoms with Crippen LogP contribution in [-0.4, -0.2) is 27.4 Å². The third-order valence-corrected chi connectivity index (χ3v) is 6.11. The summed E-state index contributed by atoms with van der Waals surface area (Å²) in [5, 5.41) is 10.9. The van der Waals surface area contributed by atoms with Gasteiger partial charge in [0.15, 0.2) is 0 Å². The largest absolute Gasteiger partial charge is 0.271 e. The van der Waals surface area contributed by atoms with Crippen molar-refractivity contribution in [3.05, 3.63) is 69.7 Å². The summed E-state index contributed by atoms with van der Waals surface area (Å²) in [5.41, 5.74) is 14.0. The molecule has 4 rings (SSSR count). The van der Waals surface area contributed by atoms with Gasteiger partial charge in [0.2, 0.25) is 0 Å². The van der Waals surface area contributed by atoms with Crippen molar-refractivity contribution < 1.29 is 4.79 Å². The minimum Gasteiger partial charge on any atom is -0.271 e. The second-order valence-corrected chi connectivity index (χ2v) is 8.06. The van der Waals surface area contributed by atoms with Gasteiger partial charge in [-0.2, -0.15) is 10.2 Å². The van der Waals surface area contributed by atoms with Gasteiger partial charge in [-0.15, -0.1) is 11.3 Å². The fraction of sp³-hybridized carbons (Fsp3) is 0.286. The highest BCUT2D eigenvalue weighted by Crippen LogP contribution is 2.29. The molecule has 2 unspecified atom stereocenters. The van der Waals surface area contributed by atoms with Crippen LogP contribution < -0.4 is 16.3 Å². The Morgan fingerprint density at radius 1 is 1.21 bits per heavy atom. The van der Waals surface area contributed by atoms with E-state index in [1.807, 2.05) is 66.4 Å². The molecule has 3 N–H and O–H groups in total. The summed E-state index contributed by atoms with van der Waals surface area (Å²) >= 11 is 1.60. The second-order valence-electron chi connectivity index (χ2n) is 7.11. The molecular weight excluding hydrogens is 384 g/mol. The number of nitrogens with one attached hydrogen (secondary N) is 3. The molecule has 1 saturated heterocycles. The molecule has 1 amide bonds. The van der Waals surface area contributed by atoms with E-state index in [2.05, 4.69) is 28.3 Å². The fourth-order valence-corrected chi connectivity index (χ4v) is 4.33. The van der Waals surface area contributed by atoms with E-state index in [-0.39, 0.29) is 18.0 Å². The zero-order valence-corrected chi connectivity index (χ0v) is 17.5. The molecule has 1 fully saturated rings. The van der Waals surface area contributed by atoms with Crippen molar-refractivity contribution in [1.82, 2.24) is 26.1 Å². The van der Waals surface area contributed by atoms with Crippen molar-refractivity contribution in [3.8, 4) is 5.69 Å². The molecule has 150 valence electrons. The molecule has 29 heavy (non-hydrogen) atoms. The molecule has 1 aliphatic heterocycles. The summed E-state index contributed by atoms with van der Waals surface area (Å²) in [6.07, 6.45) is 0.627. The fourth-order valence-electron chi connectivity index (χ4n) is 3.65. The Labute approximate surface area is 173 Å². The molecule has 1 aromatic carbocycles. The molecule has 1 aliphatic rings. The second kappa shape index (κ2) is 8.28. The highest BCUT2D eigenvalue weighted by Gasteiger charge is 2.33. The number of hydrogen-bond acceptors (Lipinski definition) is 6. The first-order valence-electron chi connectivity index (χ1n) is 9.55. The maximum Gasteiger partial charge on any atom is 0.258 e. The molecule has 7 nitrogen and oxygen atoms in total. The number of amides is 1. The lowest BCUT2D eigenvalue weighted by Gasteiger charge is -2.11. The minimum atomic E-state index is -0.362. The zero-order valence-electron chi connectivity index (χ0n) is 16.6. The number of benzene rings is 1. The van der Waals surface area contributed by atoms with Gasteiger partial charge in [-0.3, -0.25) is 4.79 Å². The van der Waals surface area contributed by atoms with Crippen LogP contribution in [0.15, 0.2) is 52.9 Å². The maximum absolute atomic E-state index is 12.6. The first kappa shape index (κ1) is 19.5. The number of aryl methyl sites for hydroxylation is 1. The quantitative estimate of drug-likeness (QED) is 0.448. The number of thiophene rings is 1. The van der Waals surface area contributed by atoms with Crippen molar-refractivity contribution in [3.63, 3.8) is 0 Å². The third-order valence-electron chi connectivity index (χ3n) is 5.13. The average Bonchev–Trinajstić information content (AvgIpc) is 3.47. The summed E-state index contributed by atoms with van der Waals surface area (Å²) in [5.74, 6) is -0.151. The average molecular weight is 409 g/mol. The van der Waals surface area contributed by atoms with Crippen LogP contribution in [-0.2, 0) is 4.79 Å². The molecular formula is C21H24N6OS. The van der Waals surface area contributed by atoms with Gasteiger partial charge < -0.3 is 0 Å². The van der Waals surface area contributed by atoms with Crippen molar-refractivity contribution in [2.24, 2.45) is 5.10 Å². The van der Waals surface area contributed by atoms with E-state index in [4.69, 9.17) is 5.10 Å². The summed E-state index contributed by atoms with van der Waals surface area (Å²) in [4.78, 5) is 13.6. The molecule has 0 spiro atoms. The van der Waals surface area contributed by atoms with E-state index in [0.717, 1.165) is 33.2 Å². The molecule has 3 aromatic rings. The van der Waals surface area contributed by atoms with Crippen molar-refractivity contribution in [1.29, 1.82) is 0 Å². The first-order valence-corrected chi connectivity index (χ1v) is 10.4. The highest BCUT2D eigenvalue weighted by molar-refractivity contribution is 7.12. The Balaban J connectivity index is 1.45. The summed E-state index contributed by atoms with van der Waals surface area (Å²) in [6, 6.07) is 13.7. The minimum absolute atomic E-state index is 0.00517. The van der Waals surface area contributed by atoms with Crippen LogP contribution in [0, 0.1) is 13.8 Å². The van der Waals surface area contributed by atoms with E-state index in [1.165, 1.54) is 0 Å². The van der Waals surface area contributed by atoms with Crippen molar-refractivity contribution in [2.45, 2.75) is 39.3 Å². The number of hydrazine groups is 1. The van der Waals surface area contributed by atoms with E-state index in [1.54, 1.807) is 11.3 Å². The summed E-state index contributed by atoms with van der Waals surface area (Å²) in [6.45, 7) is 5.96. The van der Waals surface area contributed by atoms with Gasteiger partial charge in [0.05, 0.1) is 23.1 Å². The first-order chi connectivity index (χ1) is 14.0. The number of rotatable bonds is 5. The van der Waals surface area contributed by atoms with Gasteiger partial charge in [0, 0.05) is 16.1 Å². The van der Waals surface area contributed by atoms with Crippen LogP contribution in [0.25, 0.3) is 5.69 Å². The van der Waals surface area contributed by atoms with Gasteiger partial charge >= 0.3 is 0 Å². The Morgan fingerprint density at radius 3 is 2.72 bits per heavy atom. The van der Waals surface area contributed by atoms with Gasteiger partial charge in [-0.25, -0.2) is 21.0 Å². The number of aromatic nitrogens is 2. The number of hydrazone groups is 1. The monoisotopic (exact) mass is 408 g/mol. The standard InChI is InChI=1S/C21H24N6OS/c1-13(19-10-7-11-29-19)22-25-21(28)18-12-17(23-24-18)20-14(2)26-27(15(20)3)16-8-5-4-6-9-16/h4-11,17-18,23-24H,12H2,1-3H3,(H,25,28)/b22-13+. The van der Waals surface area contributed by atoms with E-state index < -0.39 is 0 Å². The predicted molar refractivity (Wildman–Crippen MR) is 115 cm³/mol. The number of para-hydroxylation sites is 1. The zero-order chi connectivity index (χ0) is 20.4. The molecule has 3 heterocycles. The maximum atomic E-state index is 12.6. The van der Waals surface area contributed by atoms with Gasteiger partial charge in [-0.1, -0.05) is 24.3 Å². The number of hydrogen-bond donors (Lipinski definition) is 3. The summed E-state index contributed by atoms with van der Waals surface area (Å²) < 4.78 is 1.95. The predicted octanol–water partition coefficient (Wildman–Crippen LogP) is 3.00. The lowest BCUT2D eigenvalue weighted by molar-refractivity contribution is -0.122. The molecule has 0 aliphatic carbocycles. The Morgan fingerprint density at radius 2 is 2.00 bits per heavy atom. The number of carbonyl (C=O) groups is 1. The van der Waals surface area contributed by atoms with Gasteiger partial charge in [0.25, 0.3) is 5.91 Å². The lowest BCUT2D eigenvalue weighted by atomic mass is 10.00. The number of nitrogens with zero attached hydrogens (tertiary/aromatic N) is 3. The van der Waals surface area contributed by atoms with Crippen LogP contribution in [0.5, 0.6) is 0 Å². The molecule has 0 saturated carbocycles. The molecule has 2 aromatic heterocycles. The van der Waals surface area contributed by atoms with Crippen LogP contribution in [0.3, 0.4) is 0 Å². The van der Waals surface area contributed by atoms with Gasteiger partial charge in [0.1, 0.15) is 6.04 Å². The third kappa shape index (κ3) is 4.00. The van der Waals surface area contributed by atoms with E-state index in [0.29, 0.717) is 6.42 Å². The molecule has 0 radical (unpaired) electrons. The summed E-state index contributed by atoms with van der Waals surface area (Å²) in [7, 11) is 0. The normalized spacial score (nSPS) is 19.5. The molecule has 2 atom stereocenters. The van der Waals surface area contributed by atoms with Crippen LogP contribution in [0.1, 0.15) is 41.2 Å². The SMILES string of the molecule is C/C(=N\NC(=O)C1CC(c2c(C)nn(-c3ccccc3)c2C)NN1)c1cccs1. The van der Waals surface area contributed by atoms with E-state index in [9.17, 15) is 4.79 Å². The lowest BCUT2D eigenvalue weighted by Crippen LogP contribution is -2.41. The van der Waals surface area contributed by atoms with E-state index >= 15 is 0 Å². The van der Waals surface area contributed by atoms with Crippen molar-refractivity contribution in [2.75, 3.05) is 0 Å². The molecule has 0 bridgehead atoms. The Bertz CT molecular complexity index is 1030. The Hall–Kier alpha value is -2.81. The highest BCUT2D eigenvalue weighted by atomic mass is 32.1.